The molecule has 1 heterocycles. The van der Waals surface area contributed by atoms with Crippen LogP contribution in [0.2, 0.25) is 0 Å². The van der Waals surface area contributed by atoms with Gasteiger partial charge in [0.1, 0.15) is 24.0 Å². The summed E-state index contributed by atoms with van der Waals surface area (Å²) in [5, 5.41) is 3.00. The van der Waals surface area contributed by atoms with Crippen LogP contribution in [-0.2, 0) is 13.2 Å². The molecule has 0 amide bonds. The Labute approximate surface area is 116 Å². The Bertz CT molecular complexity index is 602. The first-order chi connectivity index (χ1) is 9.60. The first-order valence-electron chi connectivity index (χ1n) is 6.28. The van der Waals surface area contributed by atoms with Crippen molar-refractivity contribution in [2.24, 2.45) is 0 Å². The summed E-state index contributed by atoms with van der Waals surface area (Å²) in [6.45, 7) is 2.49. The van der Waals surface area contributed by atoms with E-state index in [1.54, 1.807) is 6.07 Å². The van der Waals surface area contributed by atoms with Crippen LogP contribution in [0.15, 0.2) is 30.3 Å². The van der Waals surface area contributed by atoms with Crippen LogP contribution in [0.1, 0.15) is 17.0 Å². The summed E-state index contributed by atoms with van der Waals surface area (Å²) >= 11 is 0. The van der Waals surface area contributed by atoms with Gasteiger partial charge in [-0.1, -0.05) is 0 Å². The largest absolute Gasteiger partial charge is 0.487 e. The molecule has 0 spiro atoms. The number of aryl methyl sites for hydroxylation is 1. The Morgan fingerprint density at radius 2 is 2.00 bits per heavy atom. The quantitative estimate of drug-likeness (QED) is 0.913. The summed E-state index contributed by atoms with van der Waals surface area (Å²) in [7, 11) is 1.81. The molecule has 20 heavy (non-hydrogen) atoms. The van der Waals surface area contributed by atoms with E-state index in [0.717, 1.165) is 17.5 Å². The van der Waals surface area contributed by atoms with Gasteiger partial charge in [0, 0.05) is 23.9 Å². The zero-order valence-electron chi connectivity index (χ0n) is 11.4. The molecule has 0 aliphatic heterocycles. The summed E-state index contributed by atoms with van der Waals surface area (Å²) in [6.07, 6.45) is 0. The van der Waals surface area contributed by atoms with Crippen LogP contribution in [0.4, 0.5) is 8.78 Å². The lowest BCUT2D eigenvalue weighted by atomic mass is 10.2. The second kappa shape index (κ2) is 6.43. The van der Waals surface area contributed by atoms with Gasteiger partial charge >= 0.3 is 0 Å². The number of nitrogens with one attached hydrogen (secondary N) is 1. The minimum absolute atomic E-state index is 0.0353. The number of aromatic nitrogens is 1. The molecule has 0 aliphatic rings. The van der Waals surface area contributed by atoms with Crippen molar-refractivity contribution in [3.63, 3.8) is 0 Å². The lowest BCUT2D eigenvalue weighted by Gasteiger charge is -2.12. The Morgan fingerprint density at radius 1 is 1.20 bits per heavy atom. The van der Waals surface area contributed by atoms with Crippen LogP contribution >= 0.6 is 0 Å². The van der Waals surface area contributed by atoms with E-state index >= 15 is 0 Å². The molecule has 1 aromatic heterocycles. The third-order valence-corrected chi connectivity index (χ3v) is 2.81. The lowest BCUT2D eigenvalue weighted by Crippen LogP contribution is -2.10. The first kappa shape index (κ1) is 14.4. The van der Waals surface area contributed by atoms with Gasteiger partial charge in [0.15, 0.2) is 0 Å². The molecule has 1 aromatic carbocycles. The highest BCUT2D eigenvalue weighted by atomic mass is 19.1. The molecular weight excluding hydrogens is 262 g/mol. The van der Waals surface area contributed by atoms with Gasteiger partial charge in [-0.05, 0) is 38.2 Å². The zero-order valence-corrected chi connectivity index (χ0v) is 11.4. The predicted octanol–water partition coefficient (Wildman–Crippen LogP) is 2.97. The number of pyridine rings is 1. The van der Waals surface area contributed by atoms with Gasteiger partial charge in [0.25, 0.3) is 0 Å². The minimum Gasteiger partial charge on any atom is -0.487 e. The van der Waals surface area contributed by atoms with Gasteiger partial charge in [-0.3, -0.25) is 4.98 Å². The fraction of sp³-hybridized carbons (Fsp3) is 0.267. The second-order valence-corrected chi connectivity index (χ2v) is 4.45. The van der Waals surface area contributed by atoms with Crippen LogP contribution in [0.3, 0.4) is 0 Å². The van der Waals surface area contributed by atoms with Crippen molar-refractivity contribution in [1.29, 1.82) is 0 Å². The number of benzene rings is 1. The molecule has 2 aromatic rings. The molecule has 0 bridgehead atoms. The van der Waals surface area contributed by atoms with Crippen LogP contribution in [0.5, 0.6) is 5.75 Å². The van der Waals surface area contributed by atoms with Crippen molar-refractivity contribution < 1.29 is 13.5 Å². The average Bonchev–Trinajstić information content (AvgIpc) is 2.40. The third kappa shape index (κ3) is 3.51. The van der Waals surface area contributed by atoms with Crippen molar-refractivity contribution in [3.8, 4) is 5.75 Å². The van der Waals surface area contributed by atoms with Gasteiger partial charge in [0.2, 0.25) is 0 Å². The number of hydrogen-bond donors (Lipinski definition) is 1. The molecule has 1 N–H and O–H groups in total. The van der Waals surface area contributed by atoms with Crippen LogP contribution in [-0.4, -0.2) is 12.0 Å². The van der Waals surface area contributed by atoms with Gasteiger partial charge < -0.3 is 10.1 Å². The number of hydrogen-bond acceptors (Lipinski definition) is 3. The molecule has 5 heteroatoms. The summed E-state index contributed by atoms with van der Waals surface area (Å²) < 4.78 is 31.9. The van der Waals surface area contributed by atoms with Gasteiger partial charge in [-0.15, -0.1) is 0 Å². The molecule has 0 atom stereocenters. The molecular formula is C15H16F2N2O. The van der Waals surface area contributed by atoms with Crippen molar-refractivity contribution in [1.82, 2.24) is 10.3 Å². The van der Waals surface area contributed by atoms with Crippen molar-refractivity contribution in [2.45, 2.75) is 20.1 Å². The Kier molecular flexibility index (Phi) is 4.63. The number of halogens is 2. The van der Waals surface area contributed by atoms with Gasteiger partial charge in [-0.25, -0.2) is 8.78 Å². The van der Waals surface area contributed by atoms with Gasteiger partial charge in [0.05, 0.1) is 5.69 Å². The SMILES string of the molecule is CNCc1nc(C)ccc1OCc1ccc(F)cc1F. The first-order valence-corrected chi connectivity index (χ1v) is 6.28. The fourth-order valence-electron chi connectivity index (χ4n) is 1.82. The molecule has 106 valence electrons. The fourth-order valence-corrected chi connectivity index (χ4v) is 1.82. The molecule has 2 rings (SSSR count). The molecule has 0 saturated heterocycles. The number of nitrogens with zero attached hydrogens (tertiary/aromatic N) is 1. The molecule has 0 fully saturated rings. The van der Waals surface area contributed by atoms with E-state index < -0.39 is 11.6 Å². The van der Waals surface area contributed by atoms with E-state index in [4.69, 9.17) is 4.74 Å². The monoisotopic (exact) mass is 278 g/mol. The summed E-state index contributed by atoms with van der Waals surface area (Å²) in [6, 6.07) is 7.07. The highest BCUT2D eigenvalue weighted by Gasteiger charge is 2.08. The molecule has 3 nitrogen and oxygen atoms in total. The van der Waals surface area contributed by atoms with Crippen molar-refractivity contribution in [2.75, 3.05) is 7.05 Å². The van der Waals surface area contributed by atoms with E-state index in [1.807, 2.05) is 20.0 Å². The summed E-state index contributed by atoms with van der Waals surface area (Å²) in [5.41, 5.74) is 1.95. The maximum atomic E-state index is 13.5. The maximum absolute atomic E-state index is 13.5. The summed E-state index contributed by atoms with van der Waals surface area (Å²) in [4.78, 5) is 4.37. The molecule has 0 aliphatic carbocycles. The number of rotatable bonds is 5. The minimum atomic E-state index is -0.611. The van der Waals surface area contributed by atoms with Crippen molar-refractivity contribution >= 4 is 0 Å². The molecule has 0 unspecified atom stereocenters. The zero-order chi connectivity index (χ0) is 14.5. The van der Waals surface area contributed by atoms with E-state index in [-0.39, 0.29) is 6.61 Å². The smallest absolute Gasteiger partial charge is 0.142 e. The molecule has 0 radical (unpaired) electrons. The van der Waals surface area contributed by atoms with E-state index in [1.165, 1.54) is 12.1 Å². The maximum Gasteiger partial charge on any atom is 0.142 e. The topological polar surface area (TPSA) is 34.2 Å². The Morgan fingerprint density at radius 3 is 2.70 bits per heavy atom. The molecule has 0 saturated carbocycles. The van der Waals surface area contributed by atoms with Gasteiger partial charge in [-0.2, -0.15) is 0 Å². The van der Waals surface area contributed by atoms with Crippen LogP contribution < -0.4 is 10.1 Å². The van der Waals surface area contributed by atoms with E-state index in [0.29, 0.717) is 17.9 Å². The highest BCUT2D eigenvalue weighted by Crippen LogP contribution is 2.19. The third-order valence-electron chi connectivity index (χ3n) is 2.81. The van der Waals surface area contributed by atoms with Crippen LogP contribution in [0.25, 0.3) is 0 Å². The standard InChI is InChI=1S/C15H16F2N2O/c1-10-3-6-15(14(19-10)8-18-2)20-9-11-4-5-12(16)7-13(11)17/h3-7,18H,8-9H2,1-2H3. The van der Waals surface area contributed by atoms with E-state index in [9.17, 15) is 8.78 Å². The average molecular weight is 278 g/mol. The Hall–Kier alpha value is -2.01. The second-order valence-electron chi connectivity index (χ2n) is 4.45. The lowest BCUT2D eigenvalue weighted by molar-refractivity contribution is 0.294. The number of ether oxygens (including phenoxy) is 1. The predicted molar refractivity (Wildman–Crippen MR) is 72.4 cm³/mol. The van der Waals surface area contributed by atoms with Crippen molar-refractivity contribution in [3.05, 3.63) is 58.9 Å². The van der Waals surface area contributed by atoms with E-state index in [2.05, 4.69) is 10.3 Å². The summed E-state index contributed by atoms with van der Waals surface area (Å²) in [5.74, 6) is -0.618. The highest BCUT2D eigenvalue weighted by molar-refractivity contribution is 5.30. The Balaban J connectivity index is 2.14. The van der Waals surface area contributed by atoms with Crippen LogP contribution in [0, 0.1) is 18.6 Å². The normalized spacial score (nSPS) is 10.6.